The molecule has 0 heterocycles. The Bertz CT molecular complexity index is 706. The lowest BCUT2D eigenvalue weighted by Gasteiger charge is -2.12. The summed E-state index contributed by atoms with van der Waals surface area (Å²) in [6.07, 6.45) is 3.18. The van der Waals surface area contributed by atoms with Crippen molar-refractivity contribution >= 4 is 38.8 Å². The predicted molar refractivity (Wildman–Crippen MR) is 83.9 cm³/mol. The molecule has 0 radical (unpaired) electrons. The molecule has 0 aromatic heterocycles. The van der Waals surface area contributed by atoms with Gasteiger partial charge in [-0.05, 0) is 40.6 Å². The normalized spacial score (nSPS) is 19.2. The zero-order valence-electron chi connectivity index (χ0n) is 10.6. The average Bonchev–Trinajstić information content (AvgIpc) is 2.45. The molecular formula is C15H10BrClN2O. The van der Waals surface area contributed by atoms with E-state index in [0.717, 1.165) is 11.1 Å². The highest BCUT2D eigenvalue weighted by molar-refractivity contribution is 9.12. The molecule has 2 rings (SSSR count). The van der Waals surface area contributed by atoms with Crippen LogP contribution in [-0.2, 0) is 0 Å². The van der Waals surface area contributed by atoms with E-state index in [0.29, 0.717) is 26.4 Å². The van der Waals surface area contributed by atoms with E-state index in [1.165, 1.54) is 6.08 Å². The summed E-state index contributed by atoms with van der Waals surface area (Å²) in [5, 5.41) is 21.7. The van der Waals surface area contributed by atoms with Gasteiger partial charge in [0.25, 0.3) is 0 Å². The number of halogens is 2. The first-order valence-electron chi connectivity index (χ1n) is 5.75. The van der Waals surface area contributed by atoms with Crippen LogP contribution < -0.4 is 0 Å². The van der Waals surface area contributed by atoms with E-state index in [2.05, 4.69) is 27.2 Å². The second-order valence-corrected chi connectivity index (χ2v) is 5.50. The van der Waals surface area contributed by atoms with Crippen molar-refractivity contribution in [2.24, 2.45) is 5.16 Å². The van der Waals surface area contributed by atoms with Gasteiger partial charge in [-0.3, -0.25) is 0 Å². The Hall–Kier alpha value is -1.83. The molecule has 0 atom stereocenters. The molecule has 1 aliphatic rings. The summed E-state index contributed by atoms with van der Waals surface area (Å²) < 4.78 is 0.569. The summed E-state index contributed by atoms with van der Waals surface area (Å²) in [5.74, 6) is 0. The van der Waals surface area contributed by atoms with Gasteiger partial charge in [-0.25, -0.2) is 0 Å². The number of hydrogen-bond acceptors (Lipinski definition) is 3. The molecule has 1 aliphatic carbocycles. The van der Waals surface area contributed by atoms with E-state index in [1.54, 1.807) is 6.08 Å². The van der Waals surface area contributed by atoms with Crippen LogP contribution in [0, 0.1) is 18.3 Å². The van der Waals surface area contributed by atoms with Crippen LogP contribution in [0.25, 0.3) is 5.57 Å². The molecule has 0 unspecified atom stereocenters. The molecule has 20 heavy (non-hydrogen) atoms. The first-order chi connectivity index (χ1) is 9.56. The lowest BCUT2D eigenvalue weighted by molar-refractivity contribution is 0.320. The molecule has 1 aromatic rings. The summed E-state index contributed by atoms with van der Waals surface area (Å²) >= 11 is 9.46. The fraction of sp³-hybridized carbons (Fsp3) is 0.0667. The molecule has 0 fully saturated rings. The molecule has 0 saturated heterocycles. The SMILES string of the molecule is Cc1ccc(/C(C#N)=C2C=C(Br)/C(=N/O)C=C\2Cl)cc1. The minimum Gasteiger partial charge on any atom is -0.410 e. The number of aryl methyl sites for hydroxylation is 1. The Labute approximate surface area is 130 Å². The van der Waals surface area contributed by atoms with Crippen molar-refractivity contribution in [2.75, 3.05) is 0 Å². The quantitative estimate of drug-likeness (QED) is 0.460. The Kier molecular flexibility index (Phi) is 4.43. The Morgan fingerprint density at radius 3 is 2.50 bits per heavy atom. The van der Waals surface area contributed by atoms with Crippen molar-refractivity contribution in [2.45, 2.75) is 6.92 Å². The summed E-state index contributed by atoms with van der Waals surface area (Å²) in [7, 11) is 0. The minimum absolute atomic E-state index is 0.319. The zero-order chi connectivity index (χ0) is 14.7. The van der Waals surface area contributed by atoms with Gasteiger partial charge in [0.15, 0.2) is 0 Å². The molecule has 1 aromatic carbocycles. The van der Waals surface area contributed by atoms with Gasteiger partial charge in [0, 0.05) is 10.1 Å². The van der Waals surface area contributed by atoms with Crippen LogP contribution >= 0.6 is 27.5 Å². The molecule has 1 N–H and O–H groups in total. The topological polar surface area (TPSA) is 56.4 Å². The molecule has 0 saturated carbocycles. The third kappa shape index (κ3) is 2.84. The number of allylic oxidation sites excluding steroid dienone is 6. The van der Waals surface area contributed by atoms with Crippen molar-refractivity contribution < 1.29 is 5.21 Å². The molecule has 0 bridgehead atoms. The fourth-order valence-electron chi connectivity index (χ4n) is 1.81. The highest BCUT2D eigenvalue weighted by atomic mass is 79.9. The number of nitriles is 1. The van der Waals surface area contributed by atoms with Crippen LogP contribution in [0.2, 0.25) is 0 Å². The van der Waals surface area contributed by atoms with Gasteiger partial charge in [-0.1, -0.05) is 46.6 Å². The maximum absolute atomic E-state index is 9.41. The predicted octanol–water partition coefficient (Wildman–Crippen LogP) is 4.52. The second kappa shape index (κ2) is 6.08. The Morgan fingerprint density at radius 1 is 1.30 bits per heavy atom. The summed E-state index contributed by atoms with van der Waals surface area (Å²) in [5.41, 5.74) is 3.30. The van der Waals surface area contributed by atoms with Gasteiger partial charge < -0.3 is 5.21 Å². The first-order valence-corrected chi connectivity index (χ1v) is 6.92. The van der Waals surface area contributed by atoms with E-state index in [1.807, 2.05) is 31.2 Å². The number of oxime groups is 1. The van der Waals surface area contributed by atoms with Crippen LogP contribution in [0.4, 0.5) is 0 Å². The van der Waals surface area contributed by atoms with E-state index >= 15 is 0 Å². The van der Waals surface area contributed by atoms with Crippen LogP contribution in [-0.4, -0.2) is 10.9 Å². The van der Waals surface area contributed by atoms with Crippen molar-refractivity contribution in [3.8, 4) is 6.07 Å². The van der Waals surface area contributed by atoms with E-state index in [-0.39, 0.29) is 0 Å². The van der Waals surface area contributed by atoms with Gasteiger partial charge in [0.2, 0.25) is 0 Å². The number of benzene rings is 1. The molecule has 0 aliphatic heterocycles. The fourth-order valence-corrected chi connectivity index (χ4v) is 2.48. The van der Waals surface area contributed by atoms with Gasteiger partial charge in [0.05, 0.1) is 10.6 Å². The number of hydrogen-bond donors (Lipinski definition) is 1. The number of rotatable bonds is 1. The Morgan fingerprint density at radius 2 is 1.95 bits per heavy atom. The largest absolute Gasteiger partial charge is 0.410 e. The molecule has 0 amide bonds. The molecule has 0 spiro atoms. The van der Waals surface area contributed by atoms with E-state index in [4.69, 9.17) is 16.8 Å². The van der Waals surface area contributed by atoms with Crippen molar-refractivity contribution in [1.29, 1.82) is 5.26 Å². The minimum atomic E-state index is 0.319. The molecule has 100 valence electrons. The van der Waals surface area contributed by atoms with Crippen LogP contribution in [0.5, 0.6) is 0 Å². The average molecular weight is 350 g/mol. The van der Waals surface area contributed by atoms with Crippen LogP contribution in [0.1, 0.15) is 11.1 Å². The van der Waals surface area contributed by atoms with Gasteiger partial charge in [-0.15, -0.1) is 0 Å². The van der Waals surface area contributed by atoms with Crippen molar-refractivity contribution in [3.63, 3.8) is 0 Å². The summed E-state index contributed by atoms with van der Waals surface area (Å²) in [6.45, 7) is 1.98. The lowest BCUT2D eigenvalue weighted by Crippen LogP contribution is -2.03. The van der Waals surface area contributed by atoms with Gasteiger partial charge in [0.1, 0.15) is 11.8 Å². The van der Waals surface area contributed by atoms with Crippen LogP contribution in [0.3, 0.4) is 0 Å². The summed E-state index contributed by atoms with van der Waals surface area (Å²) in [4.78, 5) is 0. The second-order valence-electron chi connectivity index (χ2n) is 4.24. The van der Waals surface area contributed by atoms with E-state index in [9.17, 15) is 5.26 Å². The van der Waals surface area contributed by atoms with Crippen molar-refractivity contribution in [1.82, 2.24) is 0 Å². The van der Waals surface area contributed by atoms with Crippen LogP contribution in [0.15, 0.2) is 56.7 Å². The molecular weight excluding hydrogens is 340 g/mol. The maximum atomic E-state index is 9.41. The van der Waals surface area contributed by atoms with Gasteiger partial charge in [-0.2, -0.15) is 5.26 Å². The van der Waals surface area contributed by atoms with E-state index < -0.39 is 0 Å². The smallest absolute Gasteiger partial charge is 0.118 e. The summed E-state index contributed by atoms with van der Waals surface area (Å²) in [6, 6.07) is 9.81. The third-order valence-electron chi connectivity index (χ3n) is 2.87. The third-order valence-corrected chi connectivity index (χ3v) is 3.81. The van der Waals surface area contributed by atoms with Crippen molar-refractivity contribution in [3.05, 3.63) is 62.6 Å². The lowest BCUT2D eigenvalue weighted by atomic mass is 9.96. The Balaban J connectivity index is 2.61. The highest BCUT2D eigenvalue weighted by Crippen LogP contribution is 2.33. The first kappa shape index (κ1) is 14.6. The highest BCUT2D eigenvalue weighted by Gasteiger charge is 2.18. The monoisotopic (exact) mass is 348 g/mol. The molecule has 3 nitrogen and oxygen atoms in total. The zero-order valence-corrected chi connectivity index (χ0v) is 12.9. The standard InChI is InChI=1S/C15H10BrClN2O/c1-9-2-4-10(5-3-9)12(8-18)11-6-13(16)15(19-20)7-14(11)17/h2-7,20H,1H3/b12-11+,19-15+. The molecule has 5 heteroatoms. The maximum Gasteiger partial charge on any atom is 0.118 e. The van der Waals surface area contributed by atoms with Gasteiger partial charge >= 0.3 is 0 Å². The number of nitrogens with zero attached hydrogens (tertiary/aromatic N) is 2.